The highest BCUT2D eigenvalue weighted by Gasteiger charge is 2.33. The number of aromatic nitrogens is 4. The molecule has 10 rings (SSSR count). The summed E-state index contributed by atoms with van der Waals surface area (Å²) >= 11 is 1.43. The summed E-state index contributed by atoms with van der Waals surface area (Å²) in [7, 11) is 1.81. The number of fused-ring (bicyclic) bond motifs is 3. The average Bonchev–Trinajstić information content (AvgIpc) is 3.92. The van der Waals surface area contributed by atoms with Gasteiger partial charge < -0.3 is 20.1 Å². The number of piperidine rings is 2. The van der Waals surface area contributed by atoms with E-state index in [2.05, 4.69) is 44.8 Å². The maximum absolute atomic E-state index is 13.7. The molecular formula is C55H57N9O7S. The first-order valence-electron chi connectivity index (χ1n) is 24.5. The third-order valence-corrected chi connectivity index (χ3v) is 15.2. The second kappa shape index (κ2) is 20.0. The minimum Gasteiger partial charge on any atom is -0.493 e. The van der Waals surface area contributed by atoms with Crippen molar-refractivity contribution in [1.29, 1.82) is 0 Å². The summed E-state index contributed by atoms with van der Waals surface area (Å²) in [5.74, 6) is -0.902. The van der Waals surface area contributed by atoms with E-state index in [4.69, 9.17) is 9.72 Å². The zero-order valence-corrected chi connectivity index (χ0v) is 41.6. The van der Waals surface area contributed by atoms with Gasteiger partial charge in [-0.1, -0.05) is 61.6 Å². The summed E-state index contributed by atoms with van der Waals surface area (Å²) in [6.45, 7) is 9.73. The van der Waals surface area contributed by atoms with Crippen LogP contribution in [-0.2, 0) is 34.4 Å². The van der Waals surface area contributed by atoms with E-state index in [-0.39, 0.29) is 47.7 Å². The number of pyridine rings is 1. The molecule has 7 aromatic rings. The maximum Gasteiger partial charge on any atom is 0.355 e. The molecule has 0 aliphatic carbocycles. The second-order valence-electron chi connectivity index (χ2n) is 20.0. The monoisotopic (exact) mass is 987 g/mol. The average molecular weight is 988 g/mol. The number of nitrogens with one attached hydrogen (secondary N) is 3. The Bertz CT molecular complexity index is 3250. The Balaban J connectivity index is 0.733. The molecule has 6 heterocycles. The van der Waals surface area contributed by atoms with Crippen LogP contribution < -0.4 is 25.6 Å². The molecule has 0 bridgehead atoms. The fraction of sp³-hybridized carbons (Fsp3) is 0.345. The van der Waals surface area contributed by atoms with Gasteiger partial charge in [-0.15, -0.1) is 0 Å². The standard InChI is InChI=1S/C55H57N9O7S/c1-32-36(37-17-19-46(58-50(37)53(69)70)64-26-23-34-9-7-11-38(41(34)29-64)51(67)60-54-57-42-12-5-6-14-45(42)72-54)10-8-13-44(32)71-31-55(2,3)28-33-21-24-63(25-22-33)30-48(66)56-35-15-16-39-43(27-35)62(4)61-49(39)40-18-20-47(65)59-52(40)68/h5-17,19,27,33,40H,18,20-26,28-31H2,1-4H3,(H,56,66)(H,69,70)(H,57,60,67)(H,59,65,68). The van der Waals surface area contributed by atoms with Crippen LogP contribution in [0.4, 0.5) is 16.6 Å². The molecule has 3 aliphatic heterocycles. The number of hydrogen-bond donors (Lipinski definition) is 4. The van der Waals surface area contributed by atoms with Crippen molar-refractivity contribution in [1.82, 2.24) is 30.0 Å². The van der Waals surface area contributed by atoms with Crippen LogP contribution in [0, 0.1) is 18.3 Å². The molecule has 4 amide bonds. The molecule has 4 aromatic carbocycles. The van der Waals surface area contributed by atoms with Gasteiger partial charge in [0.05, 0.1) is 40.5 Å². The first-order valence-corrected chi connectivity index (χ1v) is 25.3. The van der Waals surface area contributed by atoms with Gasteiger partial charge >= 0.3 is 5.97 Å². The number of nitrogens with zero attached hydrogens (tertiary/aromatic N) is 6. The van der Waals surface area contributed by atoms with Crippen molar-refractivity contribution in [3.63, 3.8) is 0 Å². The molecule has 370 valence electrons. The number of amides is 4. The lowest BCUT2D eigenvalue weighted by Gasteiger charge is -2.36. The zero-order valence-electron chi connectivity index (χ0n) is 40.8. The van der Waals surface area contributed by atoms with Crippen LogP contribution in [0.5, 0.6) is 5.75 Å². The van der Waals surface area contributed by atoms with Crippen LogP contribution in [-0.4, -0.2) is 92.1 Å². The van der Waals surface area contributed by atoms with Crippen molar-refractivity contribution >= 4 is 78.7 Å². The molecule has 1 unspecified atom stereocenters. The number of thiazole rings is 1. The number of likely N-dealkylation sites (tertiary alicyclic amines) is 1. The van der Waals surface area contributed by atoms with Crippen LogP contribution in [0.25, 0.3) is 32.2 Å². The fourth-order valence-electron chi connectivity index (χ4n) is 10.6. The Morgan fingerprint density at radius 2 is 1.69 bits per heavy atom. The number of rotatable bonds is 14. The van der Waals surface area contributed by atoms with Crippen LogP contribution in [0.15, 0.2) is 91.0 Å². The van der Waals surface area contributed by atoms with E-state index in [1.807, 2.05) is 103 Å². The van der Waals surface area contributed by atoms with Crippen molar-refractivity contribution in [3.8, 4) is 16.9 Å². The van der Waals surface area contributed by atoms with Crippen LogP contribution in [0.2, 0.25) is 0 Å². The molecule has 2 saturated heterocycles. The highest BCUT2D eigenvalue weighted by Crippen LogP contribution is 2.38. The van der Waals surface area contributed by atoms with Gasteiger partial charge in [-0.25, -0.2) is 14.8 Å². The molecule has 4 N–H and O–H groups in total. The number of carboxylic acid groups (broad SMARTS) is 1. The third-order valence-electron chi connectivity index (χ3n) is 14.3. The predicted octanol–water partition coefficient (Wildman–Crippen LogP) is 8.73. The highest BCUT2D eigenvalue weighted by atomic mass is 32.1. The number of para-hydroxylation sites is 1. The molecule has 16 nitrogen and oxygen atoms in total. The minimum atomic E-state index is -1.13. The van der Waals surface area contributed by atoms with E-state index in [0.717, 1.165) is 75.7 Å². The van der Waals surface area contributed by atoms with E-state index in [1.54, 1.807) is 11.7 Å². The Labute approximate surface area is 420 Å². The lowest BCUT2D eigenvalue weighted by atomic mass is 9.79. The second-order valence-corrected chi connectivity index (χ2v) is 21.1. The van der Waals surface area contributed by atoms with Gasteiger partial charge in [0, 0.05) is 48.8 Å². The van der Waals surface area contributed by atoms with Crippen LogP contribution >= 0.6 is 11.3 Å². The molecule has 0 spiro atoms. The molecule has 3 aromatic heterocycles. The SMILES string of the molecule is Cc1c(OCC(C)(C)CC2CCN(CC(=O)Nc3ccc4c(C5CCC(=O)NC5=O)nn(C)c4c3)CC2)cccc1-c1ccc(N2CCc3cccc(C(=O)Nc4nc5ccccc5s4)c3C2)nc1C(=O)O. The van der Waals surface area contributed by atoms with Gasteiger partial charge in [0.2, 0.25) is 17.7 Å². The smallest absolute Gasteiger partial charge is 0.355 e. The largest absolute Gasteiger partial charge is 0.493 e. The van der Waals surface area contributed by atoms with E-state index in [9.17, 15) is 29.1 Å². The summed E-state index contributed by atoms with van der Waals surface area (Å²) in [6, 6.07) is 28.5. The Kier molecular flexibility index (Phi) is 13.3. The Morgan fingerprint density at radius 3 is 2.49 bits per heavy atom. The van der Waals surface area contributed by atoms with Crippen LogP contribution in [0.1, 0.15) is 95.1 Å². The summed E-state index contributed by atoms with van der Waals surface area (Å²) < 4.78 is 9.23. The number of hydrogen-bond acceptors (Lipinski definition) is 12. The first-order chi connectivity index (χ1) is 34.7. The normalized spacial score (nSPS) is 16.7. The number of aromatic carboxylic acids is 1. The van der Waals surface area contributed by atoms with Crippen molar-refractivity contribution < 1.29 is 33.8 Å². The number of aryl methyl sites for hydroxylation is 1. The molecule has 17 heteroatoms. The van der Waals surface area contributed by atoms with E-state index in [1.165, 1.54) is 11.3 Å². The molecule has 1 atom stereocenters. The third kappa shape index (κ3) is 10.2. The zero-order chi connectivity index (χ0) is 50.3. The predicted molar refractivity (Wildman–Crippen MR) is 278 cm³/mol. The summed E-state index contributed by atoms with van der Waals surface area (Å²) in [4.78, 5) is 77.6. The van der Waals surface area contributed by atoms with E-state index >= 15 is 0 Å². The Morgan fingerprint density at radius 1 is 0.889 bits per heavy atom. The number of imide groups is 1. The summed E-state index contributed by atoms with van der Waals surface area (Å²) in [6.07, 6.45) is 4.22. The van der Waals surface area contributed by atoms with Gasteiger partial charge in [0.15, 0.2) is 10.8 Å². The van der Waals surface area contributed by atoms with Crippen LogP contribution in [0.3, 0.4) is 0 Å². The van der Waals surface area contributed by atoms with E-state index < -0.39 is 11.9 Å². The number of benzene rings is 4. The molecule has 3 aliphatic rings. The number of carbonyl (C=O) groups excluding carboxylic acids is 4. The maximum atomic E-state index is 13.7. The number of carboxylic acids is 1. The molecule has 72 heavy (non-hydrogen) atoms. The topological polar surface area (TPSA) is 201 Å². The molecule has 2 fully saturated rings. The van der Waals surface area contributed by atoms with Crippen molar-refractivity contribution in [2.75, 3.05) is 48.3 Å². The fourth-order valence-corrected chi connectivity index (χ4v) is 11.4. The highest BCUT2D eigenvalue weighted by molar-refractivity contribution is 7.22. The number of carbonyl (C=O) groups is 5. The number of anilines is 3. The summed E-state index contributed by atoms with van der Waals surface area (Å²) in [5.41, 5.74) is 7.24. The quantitative estimate of drug-likeness (QED) is 0.0757. The molecule has 0 radical (unpaired) electrons. The van der Waals surface area contributed by atoms with Gasteiger partial charge in [-0.2, -0.15) is 5.10 Å². The summed E-state index contributed by atoms with van der Waals surface area (Å²) in [5, 5.41) is 24.9. The van der Waals surface area contributed by atoms with E-state index in [0.29, 0.717) is 77.7 Å². The minimum absolute atomic E-state index is 0.0575. The van der Waals surface area contributed by atoms with Gasteiger partial charge in [-0.3, -0.25) is 39.4 Å². The lowest BCUT2D eigenvalue weighted by Crippen LogP contribution is -2.40. The lowest BCUT2D eigenvalue weighted by molar-refractivity contribution is -0.134. The molecule has 0 saturated carbocycles. The van der Waals surface area contributed by atoms with Crippen molar-refractivity contribution in [2.45, 2.75) is 71.8 Å². The van der Waals surface area contributed by atoms with Gasteiger partial charge in [0.1, 0.15) is 11.6 Å². The first kappa shape index (κ1) is 48.1. The van der Waals surface area contributed by atoms with Gasteiger partial charge in [-0.05, 0) is 140 Å². The number of ether oxygens (including phenoxy) is 1. The molecular weight excluding hydrogens is 931 g/mol. The van der Waals surface area contributed by atoms with Gasteiger partial charge in [0.25, 0.3) is 5.91 Å². The van der Waals surface area contributed by atoms with Crippen molar-refractivity contribution in [2.24, 2.45) is 18.4 Å². The van der Waals surface area contributed by atoms with Crippen molar-refractivity contribution in [3.05, 3.63) is 125 Å². The Hall–Kier alpha value is -7.50.